The zero-order valence-corrected chi connectivity index (χ0v) is 18.4. The number of carboxylic acid groups (broad SMARTS) is 1. The van der Waals surface area contributed by atoms with Gasteiger partial charge < -0.3 is 15.3 Å². The molecule has 0 aliphatic carbocycles. The van der Waals surface area contributed by atoms with Gasteiger partial charge in [0, 0.05) is 25.3 Å². The van der Waals surface area contributed by atoms with Gasteiger partial charge in [0.05, 0.1) is 12.2 Å². The standard InChI is InChI=1S/C19H25FN6O.C2HF3O2/c20-15-5-7-16(8-6-15)21-19(27)25-11-4-12-26-18(14-25)17(22-23-26)13-24-9-2-1-3-10-24;3-2(4,5)1(6)7/h5-8H,1-4,9-14H2,(H,21,27);(H,6,7). The summed E-state index contributed by atoms with van der Waals surface area (Å²) in [7, 11) is 0. The summed E-state index contributed by atoms with van der Waals surface area (Å²) in [5.74, 6) is -3.08. The maximum Gasteiger partial charge on any atom is 0.490 e. The van der Waals surface area contributed by atoms with Gasteiger partial charge in [-0.2, -0.15) is 13.2 Å². The van der Waals surface area contributed by atoms with E-state index in [9.17, 15) is 22.4 Å². The number of carbonyl (C=O) groups is 2. The summed E-state index contributed by atoms with van der Waals surface area (Å²) in [6.45, 7) is 4.90. The average molecular weight is 486 g/mol. The highest BCUT2D eigenvalue weighted by molar-refractivity contribution is 5.89. The molecule has 4 rings (SSSR count). The summed E-state index contributed by atoms with van der Waals surface area (Å²) < 4.78 is 46.7. The fourth-order valence-corrected chi connectivity index (χ4v) is 3.75. The van der Waals surface area contributed by atoms with E-state index < -0.39 is 12.1 Å². The molecule has 0 bridgehead atoms. The minimum Gasteiger partial charge on any atom is -0.475 e. The summed E-state index contributed by atoms with van der Waals surface area (Å²) in [4.78, 5) is 25.8. The van der Waals surface area contributed by atoms with E-state index in [1.807, 2.05) is 4.68 Å². The Morgan fingerprint density at radius 3 is 2.26 bits per heavy atom. The topological polar surface area (TPSA) is 104 Å². The van der Waals surface area contributed by atoms with Gasteiger partial charge in [-0.25, -0.2) is 18.7 Å². The van der Waals surface area contributed by atoms with Crippen molar-refractivity contribution in [2.24, 2.45) is 0 Å². The Morgan fingerprint density at radius 2 is 1.65 bits per heavy atom. The number of fused-ring (bicyclic) bond motifs is 1. The van der Waals surface area contributed by atoms with Crippen LogP contribution in [0.25, 0.3) is 0 Å². The number of anilines is 1. The number of rotatable bonds is 3. The lowest BCUT2D eigenvalue weighted by atomic mass is 10.1. The molecule has 1 saturated heterocycles. The number of nitrogens with one attached hydrogen (secondary N) is 1. The lowest BCUT2D eigenvalue weighted by Gasteiger charge is -2.26. The van der Waals surface area contributed by atoms with Crippen LogP contribution in [0.1, 0.15) is 37.1 Å². The van der Waals surface area contributed by atoms with Crippen LogP contribution in [0.3, 0.4) is 0 Å². The molecule has 0 spiro atoms. The Labute approximate surface area is 193 Å². The maximum absolute atomic E-state index is 13.1. The van der Waals surface area contributed by atoms with Crippen LogP contribution < -0.4 is 5.32 Å². The van der Waals surface area contributed by atoms with E-state index in [0.717, 1.165) is 44.0 Å². The van der Waals surface area contributed by atoms with Gasteiger partial charge in [-0.05, 0) is 56.6 Å². The van der Waals surface area contributed by atoms with Crippen molar-refractivity contribution in [3.05, 3.63) is 41.5 Å². The molecular weight excluding hydrogens is 460 g/mol. The second kappa shape index (κ2) is 11.3. The third-order valence-corrected chi connectivity index (χ3v) is 5.50. The van der Waals surface area contributed by atoms with E-state index in [1.165, 1.54) is 31.4 Å². The van der Waals surface area contributed by atoms with Gasteiger partial charge in [0.25, 0.3) is 0 Å². The van der Waals surface area contributed by atoms with Crippen LogP contribution in [0.2, 0.25) is 0 Å². The molecule has 1 fully saturated rings. The van der Waals surface area contributed by atoms with Crippen LogP contribution in [0.4, 0.5) is 28.0 Å². The number of alkyl halides is 3. The number of nitrogens with zero attached hydrogens (tertiary/aromatic N) is 5. The lowest BCUT2D eigenvalue weighted by Crippen LogP contribution is -2.35. The molecular formula is C21H26F4N6O3. The van der Waals surface area contributed by atoms with Crippen LogP contribution in [0.15, 0.2) is 24.3 Å². The molecule has 2 amide bonds. The summed E-state index contributed by atoms with van der Waals surface area (Å²) in [6.07, 6.45) is -0.491. The molecule has 2 aromatic rings. The van der Waals surface area contributed by atoms with Gasteiger partial charge in [0.15, 0.2) is 0 Å². The van der Waals surface area contributed by atoms with Crippen molar-refractivity contribution in [2.45, 2.75) is 51.5 Å². The minimum absolute atomic E-state index is 0.180. The smallest absolute Gasteiger partial charge is 0.475 e. The van der Waals surface area contributed by atoms with Gasteiger partial charge in [-0.1, -0.05) is 11.6 Å². The van der Waals surface area contributed by atoms with E-state index in [4.69, 9.17) is 9.90 Å². The van der Waals surface area contributed by atoms with E-state index in [1.54, 1.807) is 17.0 Å². The molecule has 0 saturated carbocycles. The zero-order valence-electron chi connectivity index (χ0n) is 18.4. The molecule has 0 unspecified atom stereocenters. The van der Waals surface area contributed by atoms with Crippen LogP contribution in [-0.2, 0) is 24.4 Å². The molecule has 13 heteroatoms. The quantitative estimate of drug-likeness (QED) is 0.644. The minimum atomic E-state index is -5.08. The predicted octanol–water partition coefficient (Wildman–Crippen LogP) is 3.47. The first-order valence-electron chi connectivity index (χ1n) is 10.9. The van der Waals surface area contributed by atoms with Gasteiger partial charge in [-0.3, -0.25) is 4.90 Å². The van der Waals surface area contributed by atoms with Crippen LogP contribution in [-0.4, -0.2) is 67.7 Å². The predicted molar refractivity (Wildman–Crippen MR) is 113 cm³/mol. The van der Waals surface area contributed by atoms with Crippen LogP contribution in [0, 0.1) is 5.82 Å². The van der Waals surface area contributed by atoms with Gasteiger partial charge >= 0.3 is 18.2 Å². The Morgan fingerprint density at radius 1 is 1.00 bits per heavy atom. The highest BCUT2D eigenvalue weighted by Gasteiger charge is 2.38. The fourth-order valence-electron chi connectivity index (χ4n) is 3.75. The third-order valence-electron chi connectivity index (χ3n) is 5.50. The zero-order chi connectivity index (χ0) is 24.7. The first-order chi connectivity index (χ1) is 16.1. The Balaban J connectivity index is 0.000000406. The molecule has 2 aliphatic heterocycles. The normalized spacial score (nSPS) is 16.6. The largest absolute Gasteiger partial charge is 0.490 e. The Bertz CT molecular complexity index is 974. The first-order valence-corrected chi connectivity index (χ1v) is 10.9. The average Bonchev–Trinajstić information content (AvgIpc) is 3.02. The number of benzene rings is 1. The lowest BCUT2D eigenvalue weighted by molar-refractivity contribution is -0.192. The van der Waals surface area contributed by atoms with Crippen molar-refractivity contribution < 1.29 is 32.3 Å². The van der Waals surface area contributed by atoms with Crippen molar-refractivity contribution in [2.75, 3.05) is 25.0 Å². The van der Waals surface area contributed by atoms with Gasteiger partial charge in [0.2, 0.25) is 0 Å². The van der Waals surface area contributed by atoms with Crippen molar-refractivity contribution in [3.8, 4) is 0 Å². The number of aliphatic carboxylic acids is 1. The summed E-state index contributed by atoms with van der Waals surface area (Å²) in [5.41, 5.74) is 2.58. The highest BCUT2D eigenvalue weighted by atomic mass is 19.4. The van der Waals surface area contributed by atoms with Gasteiger partial charge in [0.1, 0.15) is 11.5 Å². The van der Waals surface area contributed by atoms with E-state index in [2.05, 4.69) is 20.5 Å². The fraction of sp³-hybridized carbons (Fsp3) is 0.524. The number of amides is 2. The number of hydrogen-bond acceptors (Lipinski definition) is 5. The van der Waals surface area contributed by atoms with E-state index in [-0.39, 0.29) is 11.8 Å². The highest BCUT2D eigenvalue weighted by Crippen LogP contribution is 2.19. The Hall–Kier alpha value is -3.22. The molecule has 1 aromatic heterocycles. The number of urea groups is 1. The summed E-state index contributed by atoms with van der Waals surface area (Å²) >= 11 is 0. The van der Waals surface area contributed by atoms with Crippen molar-refractivity contribution in [1.29, 1.82) is 0 Å². The monoisotopic (exact) mass is 486 g/mol. The molecule has 2 N–H and O–H groups in total. The molecule has 0 atom stereocenters. The maximum atomic E-state index is 13.1. The first kappa shape index (κ1) is 25.4. The van der Waals surface area contributed by atoms with Crippen LogP contribution in [0.5, 0.6) is 0 Å². The number of carboxylic acids is 1. The second-order valence-electron chi connectivity index (χ2n) is 8.06. The second-order valence-corrected chi connectivity index (χ2v) is 8.06. The third kappa shape index (κ3) is 7.14. The number of aryl methyl sites for hydroxylation is 1. The van der Waals surface area contributed by atoms with Crippen molar-refractivity contribution in [1.82, 2.24) is 24.8 Å². The number of carbonyl (C=O) groups excluding carboxylic acids is 1. The van der Waals surface area contributed by atoms with Gasteiger partial charge in [-0.15, -0.1) is 5.10 Å². The van der Waals surface area contributed by atoms with Crippen molar-refractivity contribution in [3.63, 3.8) is 0 Å². The molecule has 2 aliphatic rings. The number of hydrogen-bond donors (Lipinski definition) is 2. The molecule has 3 heterocycles. The van der Waals surface area contributed by atoms with E-state index >= 15 is 0 Å². The number of aromatic nitrogens is 3. The molecule has 9 nitrogen and oxygen atoms in total. The van der Waals surface area contributed by atoms with Crippen LogP contribution >= 0.6 is 0 Å². The summed E-state index contributed by atoms with van der Waals surface area (Å²) in [5, 5.41) is 18.7. The van der Waals surface area contributed by atoms with Crippen molar-refractivity contribution >= 4 is 17.7 Å². The Kier molecular flexibility index (Phi) is 8.42. The summed E-state index contributed by atoms with van der Waals surface area (Å²) in [6, 6.07) is 5.64. The SMILES string of the molecule is O=C(Nc1ccc(F)cc1)N1CCCn2nnc(CN3CCCCC3)c2C1.O=C(O)C(F)(F)F. The van der Waals surface area contributed by atoms with E-state index in [0.29, 0.717) is 18.8 Å². The molecule has 186 valence electrons. The molecule has 0 radical (unpaired) electrons. The molecule has 1 aromatic carbocycles. The molecule has 34 heavy (non-hydrogen) atoms. The number of piperidine rings is 1. The number of halogens is 4. The number of likely N-dealkylation sites (tertiary alicyclic amines) is 1.